The lowest BCUT2D eigenvalue weighted by atomic mass is 9.98. The SMILES string of the molecule is CCOc1nc(-c2ccc(Cl)cc2)cc(-c2ccc(OC)cc2)c1C#N. The number of rotatable bonds is 5. The van der Waals surface area contributed by atoms with Crippen molar-refractivity contribution in [2.45, 2.75) is 6.92 Å². The van der Waals surface area contributed by atoms with E-state index in [9.17, 15) is 5.26 Å². The lowest BCUT2D eigenvalue weighted by Crippen LogP contribution is -2.01. The van der Waals surface area contributed by atoms with Crippen LogP contribution >= 0.6 is 11.6 Å². The molecule has 1 heterocycles. The molecular weight excluding hydrogens is 348 g/mol. The molecule has 3 aromatic rings. The third-order valence-corrected chi connectivity index (χ3v) is 4.17. The van der Waals surface area contributed by atoms with Crippen molar-refractivity contribution in [3.63, 3.8) is 0 Å². The molecule has 0 bridgehead atoms. The van der Waals surface area contributed by atoms with Crippen LogP contribution in [0.3, 0.4) is 0 Å². The largest absolute Gasteiger partial charge is 0.497 e. The van der Waals surface area contributed by atoms with Crippen LogP contribution < -0.4 is 9.47 Å². The van der Waals surface area contributed by atoms with E-state index in [0.29, 0.717) is 23.1 Å². The fourth-order valence-electron chi connectivity index (χ4n) is 2.64. The molecule has 0 aliphatic heterocycles. The van der Waals surface area contributed by atoms with E-state index in [0.717, 1.165) is 28.1 Å². The van der Waals surface area contributed by atoms with Crippen LogP contribution in [0.15, 0.2) is 54.6 Å². The quantitative estimate of drug-likeness (QED) is 0.612. The first-order valence-corrected chi connectivity index (χ1v) is 8.52. The maximum Gasteiger partial charge on any atom is 0.232 e. The Hall–Kier alpha value is -3.03. The second kappa shape index (κ2) is 7.90. The molecule has 26 heavy (non-hydrogen) atoms. The smallest absolute Gasteiger partial charge is 0.232 e. The second-order valence-corrected chi connectivity index (χ2v) is 5.95. The molecule has 3 rings (SSSR count). The summed E-state index contributed by atoms with van der Waals surface area (Å²) in [5.74, 6) is 1.08. The third-order valence-electron chi connectivity index (χ3n) is 3.92. The summed E-state index contributed by atoms with van der Waals surface area (Å²) in [4.78, 5) is 4.54. The number of methoxy groups -OCH3 is 1. The van der Waals surface area contributed by atoms with Crippen molar-refractivity contribution >= 4 is 11.6 Å². The van der Waals surface area contributed by atoms with E-state index in [2.05, 4.69) is 11.1 Å². The topological polar surface area (TPSA) is 55.1 Å². The molecule has 5 heteroatoms. The third kappa shape index (κ3) is 3.63. The second-order valence-electron chi connectivity index (χ2n) is 5.52. The van der Waals surface area contributed by atoms with Gasteiger partial charge in [-0.2, -0.15) is 5.26 Å². The Kier molecular flexibility index (Phi) is 5.40. The van der Waals surface area contributed by atoms with Crippen molar-refractivity contribution < 1.29 is 9.47 Å². The summed E-state index contributed by atoms with van der Waals surface area (Å²) in [6, 6.07) is 19.1. The summed E-state index contributed by atoms with van der Waals surface area (Å²) in [6.45, 7) is 2.29. The highest BCUT2D eigenvalue weighted by Crippen LogP contribution is 2.34. The van der Waals surface area contributed by atoms with Gasteiger partial charge in [0.1, 0.15) is 17.4 Å². The highest BCUT2D eigenvalue weighted by molar-refractivity contribution is 6.30. The number of pyridine rings is 1. The van der Waals surface area contributed by atoms with Crippen molar-refractivity contribution in [2.75, 3.05) is 13.7 Å². The molecule has 0 saturated carbocycles. The first-order valence-electron chi connectivity index (χ1n) is 8.14. The lowest BCUT2D eigenvalue weighted by molar-refractivity contribution is 0.326. The van der Waals surface area contributed by atoms with Crippen LogP contribution in [0.1, 0.15) is 12.5 Å². The fourth-order valence-corrected chi connectivity index (χ4v) is 2.76. The zero-order valence-electron chi connectivity index (χ0n) is 14.5. The Bertz CT molecular complexity index is 945. The van der Waals surface area contributed by atoms with Gasteiger partial charge in [0.25, 0.3) is 0 Å². The monoisotopic (exact) mass is 364 g/mol. The van der Waals surface area contributed by atoms with Crippen LogP contribution in [0.5, 0.6) is 11.6 Å². The van der Waals surface area contributed by atoms with E-state index in [1.54, 1.807) is 7.11 Å². The summed E-state index contributed by atoms with van der Waals surface area (Å²) in [5.41, 5.74) is 3.68. The van der Waals surface area contributed by atoms with Crippen LogP contribution in [-0.2, 0) is 0 Å². The number of nitriles is 1. The van der Waals surface area contributed by atoms with Gasteiger partial charge in [0.15, 0.2) is 0 Å². The Labute approximate surface area is 157 Å². The van der Waals surface area contributed by atoms with Crippen molar-refractivity contribution in [1.29, 1.82) is 5.26 Å². The Morgan fingerprint density at radius 1 is 1.04 bits per heavy atom. The number of halogens is 1. The van der Waals surface area contributed by atoms with Crippen LogP contribution in [-0.4, -0.2) is 18.7 Å². The van der Waals surface area contributed by atoms with Crippen LogP contribution in [0.25, 0.3) is 22.4 Å². The molecule has 130 valence electrons. The summed E-state index contributed by atoms with van der Waals surface area (Å²) >= 11 is 5.98. The van der Waals surface area contributed by atoms with Gasteiger partial charge in [0, 0.05) is 16.1 Å². The molecule has 0 fully saturated rings. The van der Waals surface area contributed by atoms with E-state index >= 15 is 0 Å². The van der Waals surface area contributed by atoms with Gasteiger partial charge in [-0.05, 0) is 42.8 Å². The van der Waals surface area contributed by atoms with Gasteiger partial charge < -0.3 is 9.47 Å². The van der Waals surface area contributed by atoms with E-state index in [1.807, 2.05) is 61.5 Å². The highest BCUT2D eigenvalue weighted by atomic mass is 35.5. The first kappa shape index (κ1) is 17.8. The van der Waals surface area contributed by atoms with Gasteiger partial charge in [0.2, 0.25) is 5.88 Å². The fraction of sp³-hybridized carbons (Fsp3) is 0.143. The van der Waals surface area contributed by atoms with E-state index in [4.69, 9.17) is 21.1 Å². The minimum atomic E-state index is 0.327. The van der Waals surface area contributed by atoms with Gasteiger partial charge in [0.05, 0.1) is 19.4 Å². The summed E-state index contributed by atoms with van der Waals surface area (Å²) in [5, 5.41) is 10.3. The van der Waals surface area contributed by atoms with Crippen molar-refractivity contribution in [2.24, 2.45) is 0 Å². The molecular formula is C21H17ClN2O2. The van der Waals surface area contributed by atoms with Gasteiger partial charge in [-0.3, -0.25) is 0 Å². The number of aromatic nitrogens is 1. The number of benzene rings is 2. The minimum absolute atomic E-state index is 0.327. The number of hydrogen-bond donors (Lipinski definition) is 0. The van der Waals surface area contributed by atoms with Crippen molar-refractivity contribution in [3.05, 3.63) is 65.2 Å². The average Bonchev–Trinajstić information content (AvgIpc) is 2.68. The lowest BCUT2D eigenvalue weighted by Gasteiger charge is -2.13. The maximum atomic E-state index is 9.67. The molecule has 0 radical (unpaired) electrons. The summed E-state index contributed by atoms with van der Waals surface area (Å²) in [7, 11) is 1.62. The number of hydrogen-bond acceptors (Lipinski definition) is 4. The summed E-state index contributed by atoms with van der Waals surface area (Å²) < 4.78 is 10.9. The molecule has 0 aliphatic carbocycles. The minimum Gasteiger partial charge on any atom is -0.497 e. The zero-order chi connectivity index (χ0) is 18.5. The van der Waals surface area contributed by atoms with Gasteiger partial charge >= 0.3 is 0 Å². The first-order chi connectivity index (χ1) is 12.7. The van der Waals surface area contributed by atoms with Crippen LogP contribution in [0, 0.1) is 11.3 Å². The zero-order valence-corrected chi connectivity index (χ0v) is 15.2. The predicted octanol–water partition coefficient (Wildman–Crippen LogP) is 5.35. The van der Waals surface area contributed by atoms with Gasteiger partial charge in [-0.25, -0.2) is 4.98 Å². The molecule has 0 unspecified atom stereocenters. The van der Waals surface area contributed by atoms with E-state index < -0.39 is 0 Å². The standard InChI is InChI=1S/C21H17ClN2O2/c1-3-26-21-19(13-23)18(14-6-10-17(25-2)11-7-14)12-20(24-21)15-4-8-16(22)9-5-15/h4-12H,3H2,1-2H3. The highest BCUT2D eigenvalue weighted by Gasteiger charge is 2.16. The molecule has 0 atom stereocenters. The number of ether oxygens (including phenoxy) is 2. The molecule has 0 aliphatic rings. The van der Waals surface area contributed by atoms with Gasteiger partial charge in [-0.1, -0.05) is 35.9 Å². The van der Waals surface area contributed by atoms with Crippen molar-refractivity contribution in [3.8, 4) is 40.1 Å². The molecule has 0 amide bonds. The van der Waals surface area contributed by atoms with Crippen LogP contribution in [0.2, 0.25) is 5.02 Å². The molecule has 2 aromatic carbocycles. The molecule has 4 nitrogen and oxygen atoms in total. The van der Waals surface area contributed by atoms with E-state index in [1.165, 1.54) is 0 Å². The Morgan fingerprint density at radius 3 is 2.27 bits per heavy atom. The average molecular weight is 365 g/mol. The molecule has 0 spiro atoms. The van der Waals surface area contributed by atoms with Crippen molar-refractivity contribution in [1.82, 2.24) is 4.98 Å². The Balaban J connectivity index is 2.19. The molecule has 1 aromatic heterocycles. The normalized spacial score (nSPS) is 10.2. The van der Waals surface area contributed by atoms with Crippen LogP contribution in [0.4, 0.5) is 0 Å². The van der Waals surface area contributed by atoms with E-state index in [-0.39, 0.29) is 0 Å². The predicted molar refractivity (Wildman–Crippen MR) is 103 cm³/mol. The van der Waals surface area contributed by atoms with Gasteiger partial charge in [-0.15, -0.1) is 0 Å². The summed E-state index contributed by atoms with van der Waals surface area (Å²) in [6.07, 6.45) is 0. The molecule has 0 saturated heterocycles. The number of nitrogens with zero attached hydrogens (tertiary/aromatic N) is 2. The maximum absolute atomic E-state index is 9.67. The Morgan fingerprint density at radius 2 is 1.69 bits per heavy atom. The molecule has 0 N–H and O–H groups in total.